The number of fused-ring (bicyclic) bond motifs is 1. The van der Waals surface area contributed by atoms with Gasteiger partial charge in [0.25, 0.3) is 5.91 Å². The van der Waals surface area contributed by atoms with Gasteiger partial charge in [0.05, 0.1) is 5.69 Å². The zero-order valence-electron chi connectivity index (χ0n) is 8.34. The zero-order valence-corrected chi connectivity index (χ0v) is 8.34. The Hall–Kier alpha value is -2.08. The minimum Gasteiger partial charge on any atom is -0.482 e. The molecule has 1 aliphatic heterocycles. The molecule has 1 aliphatic rings. The highest BCUT2D eigenvalue weighted by Crippen LogP contribution is 2.32. The molecule has 2 amide bonds. The van der Waals surface area contributed by atoms with Crippen molar-refractivity contribution >= 4 is 17.7 Å². The molecule has 0 spiro atoms. The van der Waals surface area contributed by atoms with E-state index >= 15 is 0 Å². The van der Waals surface area contributed by atoms with E-state index in [1.807, 2.05) is 0 Å². The maximum absolute atomic E-state index is 11.4. The molecule has 1 aromatic rings. The lowest BCUT2D eigenvalue weighted by Crippen LogP contribution is -2.42. The van der Waals surface area contributed by atoms with E-state index in [4.69, 9.17) is 15.6 Å². The first-order chi connectivity index (χ1) is 7.63. The first-order valence-corrected chi connectivity index (χ1v) is 4.65. The highest BCUT2D eigenvalue weighted by molar-refractivity contribution is 6.14. The van der Waals surface area contributed by atoms with Crippen molar-refractivity contribution in [3.8, 4) is 5.75 Å². The second-order valence-electron chi connectivity index (χ2n) is 3.31. The van der Waals surface area contributed by atoms with Crippen molar-refractivity contribution in [2.24, 2.45) is 5.73 Å². The molecule has 0 aromatic heterocycles. The molecule has 0 fully saturated rings. The molecule has 84 valence electrons. The second kappa shape index (κ2) is 3.82. The van der Waals surface area contributed by atoms with Crippen LogP contribution in [0.15, 0.2) is 18.2 Å². The van der Waals surface area contributed by atoms with Gasteiger partial charge in [-0.2, -0.15) is 0 Å². The number of carbonyl (C=O) groups is 2. The summed E-state index contributed by atoms with van der Waals surface area (Å²) in [6, 6.07) is 4.88. The van der Waals surface area contributed by atoms with Crippen molar-refractivity contribution in [1.29, 1.82) is 0 Å². The van der Waals surface area contributed by atoms with Gasteiger partial charge in [-0.3, -0.25) is 4.79 Å². The van der Waals surface area contributed by atoms with Gasteiger partial charge in [-0.15, -0.1) is 0 Å². The summed E-state index contributed by atoms with van der Waals surface area (Å²) in [5, 5.41) is 8.94. The van der Waals surface area contributed by atoms with E-state index in [1.165, 1.54) is 0 Å². The quantitative estimate of drug-likeness (QED) is 0.723. The Morgan fingerprint density at radius 2 is 2.31 bits per heavy atom. The number of nitrogens with zero attached hydrogens (tertiary/aromatic N) is 1. The summed E-state index contributed by atoms with van der Waals surface area (Å²) in [5.41, 5.74) is 6.42. The summed E-state index contributed by atoms with van der Waals surface area (Å²) >= 11 is 0. The number of nitrogens with two attached hydrogens (primary N) is 1. The van der Waals surface area contributed by atoms with E-state index < -0.39 is 12.0 Å². The van der Waals surface area contributed by atoms with Crippen molar-refractivity contribution in [3.05, 3.63) is 23.8 Å². The van der Waals surface area contributed by atoms with Gasteiger partial charge in [-0.25, -0.2) is 9.69 Å². The Bertz CT molecular complexity index is 458. The second-order valence-corrected chi connectivity index (χ2v) is 3.31. The Morgan fingerprint density at radius 3 is 2.94 bits per heavy atom. The minimum absolute atomic E-state index is 0.228. The average molecular weight is 222 g/mol. The van der Waals surface area contributed by atoms with Crippen LogP contribution in [0.25, 0.3) is 0 Å². The molecule has 6 nitrogen and oxygen atoms in total. The fraction of sp³-hybridized carbons (Fsp3) is 0.200. The summed E-state index contributed by atoms with van der Waals surface area (Å²) in [6.45, 7) is 0.0101. The van der Waals surface area contributed by atoms with Crippen LogP contribution in [-0.2, 0) is 11.3 Å². The lowest BCUT2D eigenvalue weighted by Gasteiger charge is -2.25. The van der Waals surface area contributed by atoms with Crippen molar-refractivity contribution in [3.63, 3.8) is 0 Å². The number of imide groups is 1. The number of hydrogen-bond donors (Lipinski definition) is 2. The molecular weight excluding hydrogens is 212 g/mol. The fourth-order valence-electron chi connectivity index (χ4n) is 1.53. The SMILES string of the molecule is NCc1ccc2c(c1)N(C(=O)O)C(=O)CO2. The average Bonchev–Trinajstić information content (AvgIpc) is 2.27. The predicted octanol–water partition coefficient (Wildman–Crippen LogP) is 0.549. The third-order valence-corrected chi connectivity index (χ3v) is 2.29. The van der Waals surface area contributed by atoms with E-state index in [0.717, 1.165) is 5.56 Å². The van der Waals surface area contributed by atoms with E-state index in [1.54, 1.807) is 18.2 Å². The summed E-state index contributed by atoms with van der Waals surface area (Å²) < 4.78 is 5.12. The molecule has 0 atom stereocenters. The van der Waals surface area contributed by atoms with Gasteiger partial charge in [-0.05, 0) is 17.7 Å². The van der Waals surface area contributed by atoms with Gasteiger partial charge in [0, 0.05) is 6.54 Å². The van der Waals surface area contributed by atoms with Gasteiger partial charge in [0.1, 0.15) is 5.75 Å². The molecule has 0 bridgehead atoms. The number of anilines is 1. The zero-order chi connectivity index (χ0) is 11.7. The van der Waals surface area contributed by atoms with E-state index in [9.17, 15) is 9.59 Å². The number of amides is 2. The molecule has 1 aromatic carbocycles. The number of rotatable bonds is 1. The van der Waals surface area contributed by atoms with Crippen LogP contribution in [0, 0.1) is 0 Å². The molecule has 0 saturated heterocycles. The Kier molecular flexibility index (Phi) is 2.49. The number of carboxylic acid groups (broad SMARTS) is 1. The summed E-state index contributed by atoms with van der Waals surface area (Å²) in [4.78, 5) is 23.0. The third-order valence-electron chi connectivity index (χ3n) is 2.29. The van der Waals surface area contributed by atoms with E-state index in [0.29, 0.717) is 10.6 Å². The lowest BCUT2D eigenvalue weighted by atomic mass is 10.1. The normalized spacial score (nSPS) is 14.3. The van der Waals surface area contributed by atoms with Crippen LogP contribution < -0.4 is 15.4 Å². The molecule has 6 heteroatoms. The van der Waals surface area contributed by atoms with Crippen molar-refractivity contribution in [2.45, 2.75) is 6.54 Å². The number of ether oxygens (including phenoxy) is 1. The van der Waals surface area contributed by atoms with E-state index in [2.05, 4.69) is 0 Å². The van der Waals surface area contributed by atoms with Gasteiger partial charge in [0.15, 0.2) is 6.61 Å². The van der Waals surface area contributed by atoms with Crippen LogP contribution in [0.5, 0.6) is 5.75 Å². The fourth-order valence-corrected chi connectivity index (χ4v) is 1.53. The molecular formula is C10H10N2O4. The monoisotopic (exact) mass is 222 g/mol. The highest BCUT2D eigenvalue weighted by Gasteiger charge is 2.30. The van der Waals surface area contributed by atoms with Crippen LogP contribution in [-0.4, -0.2) is 23.7 Å². The van der Waals surface area contributed by atoms with Gasteiger partial charge < -0.3 is 15.6 Å². The smallest absolute Gasteiger partial charge is 0.418 e. The summed E-state index contributed by atoms with van der Waals surface area (Å²) in [7, 11) is 0. The topological polar surface area (TPSA) is 92.9 Å². The molecule has 0 radical (unpaired) electrons. The van der Waals surface area contributed by atoms with Crippen molar-refractivity contribution in [2.75, 3.05) is 11.5 Å². The number of hydrogen-bond acceptors (Lipinski definition) is 4. The Morgan fingerprint density at radius 1 is 1.56 bits per heavy atom. The standard InChI is InChI=1S/C10H10N2O4/c11-4-6-1-2-8-7(3-6)12(10(14)15)9(13)5-16-8/h1-3H,4-5,11H2,(H,14,15). The molecule has 0 saturated carbocycles. The summed E-state index contributed by atoms with van der Waals surface area (Å²) in [5.74, 6) is -0.228. The van der Waals surface area contributed by atoms with Gasteiger partial charge >= 0.3 is 6.09 Å². The molecule has 16 heavy (non-hydrogen) atoms. The maximum atomic E-state index is 11.4. The molecule has 0 unspecified atom stereocenters. The van der Waals surface area contributed by atoms with Crippen LogP contribution in [0.4, 0.5) is 10.5 Å². The minimum atomic E-state index is -1.32. The molecule has 1 heterocycles. The molecule has 3 N–H and O–H groups in total. The van der Waals surface area contributed by atoms with Crippen LogP contribution in [0.3, 0.4) is 0 Å². The van der Waals surface area contributed by atoms with Gasteiger partial charge in [-0.1, -0.05) is 6.07 Å². The third kappa shape index (κ3) is 1.59. The van der Waals surface area contributed by atoms with Crippen molar-refractivity contribution < 1.29 is 19.4 Å². The van der Waals surface area contributed by atoms with Crippen LogP contribution in [0.2, 0.25) is 0 Å². The van der Waals surface area contributed by atoms with E-state index in [-0.39, 0.29) is 18.8 Å². The van der Waals surface area contributed by atoms with Crippen LogP contribution >= 0.6 is 0 Å². The van der Waals surface area contributed by atoms with Crippen LogP contribution in [0.1, 0.15) is 5.56 Å². The van der Waals surface area contributed by atoms with Crippen molar-refractivity contribution in [1.82, 2.24) is 0 Å². The maximum Gasteiger partial charge on any atom is 0.418 e. The first-order valence-electron chi connectivity index (χ1n) is 4.65. The lowest BCUT2D eigenvalue weighted by molar-refractivity contribution is -0.120. The highest BCUT2D eigenvalue weighted by atomic mass is 16.5. The Balaban J connectivity index is 2.52. The molecule has 0 aliphatic carbocycles. The largest absolute Gasteiger partial charge is 0.482 e. The predicted molar refractivity (Wildman–Crippen MR) is 55.3 cm³/mol. The molecule has 2 rings (SSSR count). The Labute approximate surface area is 91.2 Å². The number of carbonyl (C=O) groups excluding carboxylic acids is 1. The van der Waals surface area contributed by atoms with Gasteiger partial charge in [0.2, 0.25) is 0 Å². The number of benzene rings is 1. The first kappa shape index (κ1) is 10.4. The summed E-state index contributed by atoms with van der Waals surface area (Å²) in [6.07, 6.45) is -1.32.